The number of thiocarbonyl (C=S) groups is 1. The Hall–Kier alpha value is -1.23. The van der Waals surface area contributed by atoms with Crippen LogP contribution in [0.1, 0.15) is 12.5 Å². The summed E-state index contributed by atoms with van der Waals surface area (Å²) in [7, 11) is 0. The van der Waals surface area contributed by atoms with E-state index in [1.807, 2.05) is 31.1 Å². The highest BCUT2D eigenvalue weighted by Crippen LogP contribution is 2.26. The van der Waals surface area contributed by atoms with Crippen molar-refractivity contribution in [1.29, 1.82) is 0 Å². The lowest BCUT2D eigenvalue weighted by Crippen LogP contribution is -2.02. The molecule has 1 aromatic carbocycles. The van der Waals surface area contributed by atoms with E-state index in [4.69, 9.17) is 4.74 Å². The molecule has 1 atom stereocenters. The van der Waals surface area contributed by atoms with E-state index in [0.29, 0.717) is 17.3 Å². The summed E-state index contributed by atoms with van der Waals surface area (Å²) in [6, 6.07) is 5.37. The Bertz CT molecular complexity index is 442. The van der Waals surface area contributed by atoms with Gasteiger partial charge in [0, 0.05) is 0 Å². The van der Waals surface area contributed by atoms with Crippen LogP contribution in [0.15, 0.2) is 28.3 Å². The fourth-order valence-corrected chi connectivity index (χ4v) is 2.08. The Kier molecular flexibility index (Phi) is 5.11. The number of rotatable bonds is 5. The first-order valence-corrected chi connectivity index (χ1v) is 6.07. The largest absolute Gasteiger partial charge is 0.492 e. The molecule has 0 N–H and O–H groups in total. The molecule has 0 aliphatic carbocycles. The van der Waals surface area contributed by atoms with Crippen LogP contribution in [0.2, 0.25) is 0 Å². The van der Waals surface area contributed by atoms with Crippen LogP contribution in [0.5, 0.6) is 5.75 Å². The maximum atomic E-state index is 11.7. The summed E-state index contributed by atoms with van der Waals surface area (Å²) in [5.74, 6) is 0.528. The minimum atomic E-state index is -1.73. The molecule has 0 amide bonds. The van der Waals surface area contributed by atoms with Crippen LogP contribution in [0.3, 0.4) is 0 Å². The quantitative estimate of drug-likeness (QED) is 0.462. The van der Waals surface area contributed by atoms with Crippen LogP contribution in [-0.4, -0.2) is 16.0 Å². The van der Waals surface area contributed by atoms with Crippen LogP contribution >= 0.6 is 12.2 Å². The normalized spacial score (nSPS) is 11.4. The Labute approximate surface area is 102 Å². The van der Waals surface area contributed by atoms with Gasteiger partial charge in [-0.3, -0.25) is 4.28 Å². The Balaban J connectivity index is 3.08. The van der Waals surface area contributed by atoms with E-state index in [-0.39, 0.29) is 0 Å². The molecule has 86 valence electrons. The Morgan fingerprint density at radius 1 is 1.56 bits per heavy atom. The van der Waals surface area contributed by atoms with E-state index in [1.54, 1.807) is 6.07 Å². The molecule has 1 unspecified atom stereocenters. The maximum Gasteiger partial charge on any atom is 0.270 e. The number of hydrogen-bond acceptors (Lipinski definition) is 5. The predicted molar refractivity (Wildman–Crippen MR) is 64.9 cm³/mol. The van der Waals surface area contributed by atoms with Gasteiger partial charge in [0.2, 0.25) is 0 Å². The van der Waals surface area contributed by atoms with Gasteiger partial charge in [-0.05, 0) is 42.9 Å². The van der Waals surface area contributed by atoms with Crippen molar-refractivity contribution in [2.24, 2.45) is 5.16 Å². The third-order valence-corrected chi connectivity index (χ3v) is 2.93. The zero-order chi connectivity index (χ0) is 12.0. The summed E-state index contributed by atoms with van der Waals surface area (Å²) in [6.07, 6.45) is 0. The first-order valence-electron chi connectivity index (χ1n) is 4.59. The van der Waals surface area contributed by atoms with Crippen molar-refractivity contribution < 1.29 is 13.2 Å². The average molecular weight is 257 g/mol. The van der Waals surface area contributed by atoms with E-state index in [2.05, 4.69) is 21.7 Å². The number of isothiocyanates is 1. The van der Waals surface area contributed by atoms with Crippen molar-refractivity contribution in [1.82, 2.24) is 0 Å². The fraction of sp³-hybridized carbons (Fsp3) is 0.300. The van der Waals surface area contributed by atoms with Gasteiger partial charge in [-0.1, -0.05) is 12.1 Å². The molecule has 0 radical (unpaired) electrons. The monoisotopic (exact) mass is 257 g/mol. The van der Waals surface area contributed by atoms with Crippen LogP contribution in [0.4, 0.5) is 0 Å². The molecule has 6 heteroatoms. The molecule has 0 fully saturated rings. The van der Waals surface area contributed by atoms with Crippen LogP contribution in [-0.2, 0) is 15.4 Å². The molecule has 1 rings (SSSR count). The second-order valence-electron chi connectivity index (χ2n) is 2.83. The van der Waals surface area contributed by atoms with Crippen molar-refractivity contribution in [3.05, 3.63) is 23.8 Å². The lowest BCUT2D eigenvalue weighted by atomic mass is 10.2. The van der Waals surface area contributed by atoms with Gasteiger partial charge in [0.1, 0.15) is 15.8 Å². The molecule has 0 saturated carbocycles. The van der Waals surface area contributed by atoms with Gasteiger partial charge in [0.05, 0.1) is 6.61 Å². The minimum absolute atomic E-state index is 0.471. The van der Waals surface area contributed by atoms with Gasteiger partial charge in [0.25, 0.3) is 11.1 Å². The van der Waals surface area contributed by atoms with Gasteiger partial charge in [0.15, 0.2) is 0 Å². The summed E-state index contributed by atoms with van der Waals surface area (Å²) >= 11 is 2.60. The van der Waals surface area contributed by atoms with Crippen LogP contribution in [0, 0.1) is 6.92 Å². The molecule has 0 saturated heterocycles. The zero-order valence-electron chi connectivity index (χ0n) is 8.93. The molecule has 1 aromatic rings. The summed E-state index contributed by atoms with van der Waals surface area (Å²) in [5.41, 5.74) is 0.809. The molecular weight excluding hydrogens is 246 g/mol. The summed E-state index contributed by atoms with van der Waals surface area (Å²) in [5, 5.41) is 5.19. The van der Waals surface area contributed by atoms with Gasteiger partial charge in [-0.2, -0.15) is 0 Å². The number of benzene rings is 1. The second kappa shape index (κ2) is 6.37. The highest BCUT2D eigenvalue weighted by atomic mass is 32.2. The van der Waals surface area contributed by atoms with Crippen molar-refractivity contribution in [3.8, 4) is 5.75 Å². The minimum Gasteiger partial charge on any atom is -0.492 e. The first-order chi connectivity index (χ1) is 7.70. The SMILES string of the molecule is CCOc1cccc(C)c1S(=O)ON=C=S. The first kappa shape index (κ1) is 12.8. The van der Waals surface area contributed by atoms with Gasteiger partial charge in [-0.15, -0.1) is 0 Å². The van der Waals surface area contributed by atoms with Crippen molar-refractivity contribution in [2.75, 3.05) is 6.61 Å². The fourth-order valence-electron chi connectivity index (χ4n) is 1.19. The van der Waals surface area contributed by atoms with E-state index in [1.165, 1.54) is 0 Å². The Morgan fingerprint density at radius 3 is 2.94 bits per heavy atom. The smallest absolute Gasteiger partial charge is 0.270 e. The molecule has 0 aliphatic rings. The number of nitrogens with zero attached hydrogens (tertiary/aromatic N) is 1. The van der Waals surface area contributed by atoms with E-state index < -0.39 is 11.1 Å². The van der Waals surface area contributed by atoms with E-state index >= 15 is 0 Å². The molecule has 0 bridgehead atoms. The molecular formula is C10H11NO3S2. The standard InChI is InChI=1S/C10H11NO3S2/c1-3-13-9-6-4-5-8(2)10(9)16(12)14-11-7-15/h4-6H,3H2,1-2H3. The van der Waals surface area contributed by atoms with E-state index in [0.717, 1.165) is 5.56 Å². The van der Waals surface area contributed by atoms with Crippen molar-refractivity contribution in [3.63, 3.8) is 0 Å². The van der Waals surface area contributed by atoms with Crippen molar-refractivity contribution >= 4 is 28.5 Å². The van der Waals surface area contributed by atoms with Crippen LogP contribution in [0.25, 0.3) is 0 Å². The number of aryl methyl sites for hydroxylation is 1. The summed E-state index contributed by atoms with van der Waals surface area (Å²) in [4.78, 5) is 0.471. The topological polar surface area (TPSA) is 47.9 Å². The molecule has 0 heterocycles. The molecule has 0 aliphatic heterocycles. The molecule has 4 nitrogen and oxygen atoms in total. The average Bonchev–Trinajstić information content (AvgIpc) is 2.26. The van der Waals surface area contributed by atoms with Gasteiger partial charge in [-0.25, -0.2) is 4.21 Å². The lowest BCUT2D eigenvalue weighted by molar-refractivity contribution is 0.326. The summed E-state index contributed by atoms with van der Waals surface area (Å²) < 4.78 is 21.8. The number of hydrogen-bond donors (Lipinski definition) is 0. The molecule has 0 spiro atoms. The highest BCUT2D eigenvalue weighted by Gasteiger charge is 2.15. The second-order valence-corrected chi connectivity index (χ2v) is 4.04. The van der Waals surface area contributed by atoms with Crippen LogP contribution < -0.4 is 4.74 Å². The third-order valence-electron chi connectivity index (χ3n) is 1.78. The lowest BCUT2D eigenvalue weighted by Gasteiger charge is -2.09. The van der Waals surface area contributed by atoms with Gasteiger partial charge < -0.3 is 4.74 Å². The predicted octanol–water partition coefficient (Wildman–Crippen LogP) is 2.45. The van der Waals surface area contributed by atoms with E-state index in [9.17, 15) is 4.21 Å². The highest BCUT2D eigenvalue weighted by molar-refractivity contribution is 7.80. The molecule has 16 heavy (non-hydrogen) atoms. The zero-order valence-corrected chi connectivity index (χ0v) is 10.6. The maximum absolute atomic E-state index is 11.7. The summed E-state index contributed by atoms with van der Waals surface area (Å²) in [6.45, 7) is 4.16. The van der Waals surface area contributed by atoms with Gasteiger partial charge >= 0.3 is 0 Å². The third kappa shape index (κ3) is 3.13. The van der Waals surface area contributed by atoms with Crippen molar-refractivity contribution in [2.45, 2.75) is 18.7 Å². The number of ether oxygens (including phenoxy) is 1. The molecule has 0 aromatic heterocycles. The Morgan fingerprint density at radius 2 is 2.31 bits per heavy atom.